The number of aryl methyl sites for hydroxylation is 1. The number of carbonyl (C=O) groups excluding carboxylic acids is 1. The highest BCUT2D eigenvalue weighted by Crippen LogP contribution is 2.14. The minimum Gasteiger partial charge on any atom is -0.383 e. The molecule has 0 saturated carbocycles. The summed E-state index contributed by atoms with van der Waals surface area (Å²) in [7, 11) is 0. The number of rotatable bonds is 3. The van der Waals surface area contributed by atoms with Crippen LogP contribution in [0.15, 0.2) is 18.2 Å². The van der Waals surface area contributed by atoms with Gasteiger partial charge in [0.05, 0.1) is 0 Å². The number of hydrogen-bond acceptors (Lipinski definition) is 2. The molecule has 1 aliphatic heterocycles. The largest absolute Gasteiger partial charge is 0.383 e. The molecule has 1 atom stereocenters. The fraction of sp³-hybridized carbons (Fsp3) is 0.417. The van der Waals surface area contributed by atoms with E-state index in [-0.39, 0.29) is 17.8 Å². The number of carbonyl (C=O) groups is 1. The van der Waals surface area contributed by atoms with Gasteiger partial charge in [0.15, 0.2) is 0 Å². The quantitative estimate of drug-likeness (QED) is 0.819. The van der Waals surface area contributed by atoms with Gasteiger partial charge >= 0.3 is 0 Å². The highest BCUT2D eigenvalue weighted by molar-refractivity contribution is 5.78. The molecule has 1 saturated heterocycles. The van der Waals surface area contributed by atoms with Gasteiger partial charge in [-0.1, -0.05) is 0 Å². The fourth-order valence-electron chi connectivity index (χ4n) is 1.91. The zero-order valence-corrected chi connectivity index (χ0v) is 9.22. The molecule has 4 heteroatoms. The molecule has 0 aromatic heterocycles. The SMILES string of the molecule is Cc1cc(F)cc(NCC2CCC(=O)N2)c1. The predicted molar refractivity (Wildman–Crippen MR) is 60.8 cm³/mol. The Morgan fingerprint density at radius 1 is 1.50 bits per heavy atom. The van der Waals surface area contributed by atoms with Crippen LogP contribution in [0.4, 0.5) is 10.1 Å². The number of anilines is 1. The molecule has 3 nitrogen and oxygen atoms in total. The van der Waals surface area contributed by atoms with E-state index in [2.05, 4.69) is 10.6 Å². The van der Waals surface area contributed by atoms with Gasteiger partial charge in [0, 0.05) is 24.7 Å². The van der Waals surface area contributed by atoms with Crippen LogP contribution < -0.4 is 10.6 Å². The first-order valence-electron chi connectivity index (χ1n) is 5.44. The van der Waals surface area contributed by atoms with Crippen molar-refractivity contribution in [3.05, 3.63) is 29.6 Å². The summed E-state index contributed by atoms with van der Waals surface area (Å²) < 4.78 is 13.1. The highest BCUT2D eigenvalue weighted by Gasteiger charge is 2.19. The van der Waals surface area contributed by atoms with Crippen LogP contribution in [0.25, 0.3) is 0 Å². The average molecular weight is 222 g/mol. The molecule has 1 unspecified atom stereocenters. The van der Waals surface area contributed by atoms with E-state index < -0.39 is 0 Å². The Morgan fingerprint density at radius 3 is 2.94 bits per heavy atom. The van der Waals surface area contributed by atoms with E-state index in [1.807, 2.05) is 13.0 Å². The molecule has 86 valence electrons. The molecule has 1 amide bonds. The second-order valence-electron chi connectivity index (χ2n) is 4.20. The summed E-state index contributed by atoms with van der Waals surface area (Å²) in [5, 5.41) is 5.99. The summed E-state index contributed by atoms with van der Waals surface area (Å²) in [6, 6.07) is 5.00. The Kier molecular flexibility index (Phi) is 3.08. The van der Waals surface area contributed by atoms with E-state index in [4.69, 9.17) is 0 Å². The molecular formula is C12H15FN2O. The van der Waals surface area contributed by atoms with Crippen LogP contribution in [0.5, 0.6) is 0 Å². The molecule has 1 aromatic carbocycles. The molecule has 2 rings (SSSR count). The van der Waals surface area contributed by atoms with E-state index in [1.54, 1.807) is 0 Å². The Hall–Kier alpha value is -1.58. The van der Waals surface area contributed by atoms with Crippen molar-refractivity contribution in [2.24, 2.45) is 0 Å². The standard InChI is InChI=1S/C12H15FN2O/c1-8-4-9(13)6-11(5-8)14-7-10-2-3-12(16)15-10/h4-6,10,14H,2-3,7H2,1H3,(H,15,16). The Balaban J connectivity index is 1.91. The summed E-state index contributed by atoms with van der Waals surface area (Å²) >= 11 is 0. The molecule has 1 aliphatic rings. The van der Waals surface area contributed by atoms with Gasteiger partial charge in [0.2, 0.25) is 5.91 Å². The smallest absolute Gasteiger partial charge is 0.220 e. The van der Waals surface area contributed by atoms with Crippen molar-refractivity contribution in [1.29, 1.82) is 0 Å². The van der Waals surface area contributed by atoms with Crippen LogP contribution in [0, 0.1) is 12.7 Å². The maximum atomic E-state index is 13.1. The van der Waals surface area contributed by atoms with E-state index >= 15 is 0 Å². The monoisotopic (exact) mass is 222 g/mol. The van der Waals surface area contributed by atoms with Gasteiger partial charge in [-0.2, -0.15) is 0 Å². The van der Waals surface area contributed by atoms with Gasteiger partial charge in [-0.25, -0.2) is 4.39 Å². The molecule has 0 radical (unpaired) electrons. The third-order valence-electron chi connectivity index (χ3n) is 2.68. The Morgan fingerprint density at radius 2 is 2.31 bits per heavy atom. The van der Waals surface area contributed by atoms with Gasteiger partial charge in [0.1, 0.15) is 5.82 Å². The number of benzene rings is 1. The van der Waals surface area contributed by atoms with Crippen molar-refractivity contribution in [2.75, 3.05) is 11.9 Å². The van der Waals surface area contributed by atoms with Gasteiger partial charge < -0.3 is 10.6 Å². The maximum Gasteiger partial charge on any atom is 0.220 e. The minimum atomic E-state index is -0.238. The summed E-state index contributed by atoms with van der Waals surface area (Å²) in [5.74, 6) is -0.139. The van der Waals surface area contributed by atoms with Crippen LogP contribution in [-0.4, -0.2) is 18.5 Å². The van der Waals surface area contributed by atoms with Crippen LogP contribution in [0.1, 0.15) is 18.4 Å². The lowest BCUT2D eigenvalue weighted by atomic mass is 10.2. The second kappa shape index (κ2) is 4.51. The Bertz CT molecular complexity index is 386. The van der Waals surface area contributed by atoms with Crippen molar-refractivity contribution in [2.45, 2.75) is 25.8 Å². The molecule has 0 aliphatic carbocycles. The van der Waals surface area contributed by atoms with Crippen molar-refractivity contribution < 1.29 is 9.18 Å². The summed E-state index contributed by atoms with van der Waals surface area (Å²) in [6.07, 6.45) is 1.44. The third-order valence-corrected chi connectivity index (χ3v) is 2.68. The molecule has 1 fully saturated rings. The molecule has 1 aromatic rings. The van der Waals surface area contributed by atoms with Crippen LogP contribution in [0.3, 0.4) is 0 Å². The van der Waals surface area contributed by atoms with Crippen LogP contribution >= 0.6 is 0 Å². The highest BCUT2D eigenvalue weighted by atomic mass is 19.1. The molecule has 0 spiro atoms. The van der Waals surface area contributed by atoms with Gasteiger partial charge in [-0.3, -0.25) is 4.79 Å². The predicted octanol–water partition coefficient (Wildman–Crippen LogP) is 1.82. The molecule has 1 heterocycles. The van der Waals surface area contributed by atoms with Gasteiger partial charge in [-0.05, 0) is 37.1 Å². The molecule has 2 N–H and O–H groups in total. The Labute approximate surface area is 94.0 Å². The maximum absolute atomic E-state index is 13.1. The lowest BCUT2D eigenvalue weighted by Crippen LogP contribution is -2.31. The van der Waals surface area contributed by atoms with Crippen molar-refractivity contribution >= 4 is 11.6 Å². The normalized spacial score (nSPS) is 19.6. The summed E-state index contributed by atoms with van der Waals surface area (Å²) in [5.41, 5.74) is 1.65. The summed E-state index contributed by atoms with van der Waals surface area (Å²) in [6.45, 7) is 2.50. The average Bonchev–Trinajstić information content (AvgIpc) is 2.60. The third kappa shape index (κ3) is 2.72. The fourth-order valence-corrected chi connectivity index (χ4v) is 1.91. The number of amides is 1. The first-order valence-corrected chi connectivity index (χ1v) is 5.44. The van der Waals surface area contributed by atoms with Crippen molar-refractivity contribution in [1.82, 2.24) is 5.32 Å². The van der Waals surface area contributed by atoms with E-state index in [9.17, 15) is 9.18 Å². The van der Waals surface area contributed by atoms with Crippen LogP contribution in [-0.2, 0) is 4.79 Å². The molecule has 16 heavy (non-hydrogen) atoms. The van der Waals surface area contributed by atoms with Crippen molar-refractivity contribution in [3.63, 3.8) is 0 Å². The lowest BCUT2D eigenvalue weighted by molar-refractivity contribution is -0.119. The zero-order chi connectivity index (χ0) is 11.5. The number of halogens is 1. The lowest BCUT2D eigenvalue weighted by Gasteiger charge is -2.12. The zero-order valence-electron chi connectivity index (χ0n) is 9.22. The minimum absolute atomic E-state index is 0.0993. The topological polar surface area (TPSA) is 41.1 Å². The van der Waals surface area contributed by atoms with Gasteiger partial charge in [-0.15, -0.1) is 0 Å². The van der Waals surface area contributed by atoms with E-state index in [0.717, 1.165) is 17.7 Å². The number of nitrogens with one attached hydrogen (secondary N) is 2. The van der Waals surface area contributed by atoms with Crippen molar-refractivity contribution in [3.8, 4) is 0 Å². The van der Waals surface area contributed by atoms with E-state index in [1.165, 1.54) is 12.1 Å². The first-order chi connectivity index (χ1) is 7.63. The van der Waals surface area contributed by atoms with Crippen LogP contribution in [0.2, 0.25) is 0 Å². The van der Waals surface area contributed by atoms with E-state index in [0.29, 0.717) is 13.0 Å². The first kappa shape index (κ1) is 10.9. The molecule has 0 bridgehead atoms. The second-order valence-corrected chi connectivity index (χ2v) is 4.20. The van der Waals surface area contributed by atoms with Gasteiger partial charge in [0.25, 0.3) is 0 Å². The molecular weight excluding hydrogens is 207 g/mol. The summed E-state index contributed by atoms with van der Waals surface area (Å²) in [4.78, 5) is 11.0. The number of hydrogen-bond donors (Lipinski definition) is 2.